The van der Waals surface area contributed by atoms with Crippen molar-refractivity contribution in [3.05, 3.63) is 24.5 Å². The summed E-state index contributed by atoms with van der Waals surface area (Å²) in [5, 5.41) is 6.20. The monoisotopic (exact) mass is 409 g/mol. The second kappa shape index (κ2) is 7.11. The lowest BCUT2D eigenvalue weighted by Crippen LogP contribution is -2.48. The van der Waals surface area contributed by atoms with Crippen molar-refractivity contribution in [3.63, 3.8) is 0 Å². The number of rotatable bonds is 8. The summed E-state index contributed by atoms with van der Waals surface area (Å²) in [4.78, 5) is 25.0. The molecule has 2 bridgehead atoms. The molecule has 0 spiro atoms. The van der Waals surface area contributed by atoms with Gasteiger partial charge in [0.1, 0.15) is 11.5 Å². The van der Waals surface area contributed by atoms with Crippen molar-refractivity contribution < 1.29 is 22.5 Å². The Morgan fingerprint density at radius 1 is 1.50 bits per heavy atom. The molecule has 28 heavy (non-hydrogen) atoms. The van der Waals surface area contributed by atoms with E-state index in [0.717, 1.165) is 10.7 Å². The molecule has 1 aromatic heterocycles. The van der Waals surface area contributed by atoms with Gasteiger partial charge in [0, 0.05) is 24.4 Å². The highest BCUT2D eigenvalue weighted by Gasteiger charge is 2.65. The fraction of sp³-hybridized carbons (Fsp3) is 0.632. The zero-order valence-electron chi connectivity index (χ0n) is 16.5. The Hall–Kier alpha value is -2.00. The third-order valence-corrected chi connectivity index (χ3v) is 8.43. The average Bonchev–Trinajstić information content (AvgIpc) is 3.15. The number of nitrogens with zero attached hydrogens (tertiary/aromatic N) is 2. The highest BCUT2D eigenvalue weighted by atomic mass is 32.2. The summed E-state index contributed by atoms with van der Waals surface area (Å²) >= 11 is 0. The molecule has 1 heterocycles. The highest BCUT2D eigenvalue weighted by molar-refractivity contribution is 7.89. The minimum absolute atomic E-state index is 0.0122. The number of carbonyl (C=O) groups excluding carboxylic acids is 2. The fourth-order valence-electron chi connectivity index (χ4n) is 4.70. The first-order valence-electron chi connectivity index (χ1n) is 9.37. The average molecular weight is 410 g/mol. The Morgan fingerprint density at radius 3 is 2.71 bits per heavy atom. The Labute approximate surface area is 165 Å². The van der Waals surface area contributed by atoms with Crippen molar-refractivity contribution >= 4 is 27.5 Å². The molecule has 2 atom stereocenters. The van der Waals surface area contributed by atoms with Crippen LogP contribution in [-0.2, 0) is 19.6 Å². The van der Waals surface area contributed by atoms with E-state index in [1.807, 2.05) is 13.8 Å². The first-order valence-corrected chi connectivity index (χ1v) is 11.0. The molecule has 2 aliphatic rings. The molecule has 3 rings (SSSR count). The molecule has 2 fully saturated rings. The van der Waals surface area contributed by atoms with Gasteiger partial charge in [-0.2, -0.15) is 4.31 Å². The van der Waals surface area contributed by atoms with Gasteiger partial charge in [0.15, 0.2) is 5.82 Å². The number of nitrogens with one attached hydrogen (secondary N) is 1. The van der Waals surface area contributed by atoms with Gasteiger partial charge in [0.2, 0.25) is 15.9 Å². The number of aryl methyl sites for hydroxylation is 1. The molecule has 1 amide bonds. The van der Waals surface area contributed by atoms with Gasteiger partial charge >= 0.3 is 0 Å². The Bertz CT molecular complexity index is 904. The van der Waals surface area contributed by atoms with Gasteiger partial charge in [0.05, 0.1) is 12.3 Å². The van der Waals surface area contributed by atoms with Crippen molar-refractivity contribution in [3.8, 4) is 0 Å². The van der Waals surface area contributed by atoms with Gasteiger partial charge in [0.25, 0.3) is 0 Å². The summed E-state index contributed by atoms with van der Waals surface area (Å²) in [6.07, 6.45) is 3.31. The number of sulfonamides is 1. The number of hydrogen-bond donors (Lipinski definition) is 1. The molecule has 8 nitrogen and oxygen atoms in total. The van der Waals surface area contributed by atoms with Gasteiger partial charge in [-0.15, -0.1) is 6.58 Å². The molecule has 1 N–H and O–H groups in total. The van der Waals surface area contributed by atoms with Crippen LogP contribution in [0, 0.1) is 23.7 Å². The van der Waals surface area contributed by atoms with Gasteiger partial charge in [-0.1, -0.05) is 25.1 Å². The third-order valence-electron chi connectivity index (χ3n) is 6.51. The summed E-state index contributed by atoms with van der Waals surface area (Å²) in [6, 6.07) is 1.54. The minimum Gasteiger partial charge on any atom is -0.360 e. The van der Waals surface area contributed by atoms with Crippen LogP contribution >= 0.6 is 0 Å². The van der Waals surface area contributed by atoms with Gasteiger partial charge in [-0.05, 0) is 31.1 Å². The van der Waals surface area contributed by atoms with Gasteiger partial charge < -0.3 is 9.84 Å². The first kappa shape index (κ1) is 20.7. The van der Waals surface area contributed by atoms with E-state index < -0.39 is 21.3 Å². The van der Waals surface area contributed by atoms with E-state index in [4.69, 9.17) is 4.52 Å². The lowest BCUT2D eigenvalue weighted by molar-refractivity contribution is -0.128. The van der Waals surface area contributed by atoms with E-state index in [-0.39, 0.29) is 41.8 Å². The largest absolute Gasteiger partial charge is 0.360 e. The lowest BCUT2D eigenvalue weighted by Gasteiger charge is -2.37. The maximum absolute atomic E-state index is 13.2. The van der Waals surface area contributed by atoms with Crippen molar-refractivity contribution in [1.29, 1.82) is 0 Å². The summed E-state index contributed by atoms with van der Waals surface area (Å²) in [6.45, 7) is 8.87. The maximum Gasteiger partial charge on any atom is 0.240 e. The number of amides is 1. The first-order chi connectivity index (χ1) is 13.0. The van der Waals surface area contributed by atoms with E-state index >= 15 is 0 Å². The number of ketones is 1. The predicted molar refractivity (Wildman–Crippen MR) is 104 cm³/mol. The van der Waals surface area contributed by atoms with Crippen LogP contribution in [0.1, 0.15) is 38.9 Å². The van der Waals surface area contributed by atoms with Crippen molar-refractivity contribution in [2.24, 2.45) is 16.7 Å². The van der Waals surface area contributed by atoms with Crippen LogP contribution in [0.5, 0.6) is 0 Å². The summed E-state index contributed by atoms with van der Waals surface area (Å²) < 4.78 is 32.4. The smallest absolute Gasteiger partial charge is 0.240 e. The molecular weight excluding hydrogens is 382 g/mol. The van der Waals surface area contributed by atoms with Crippen molar-refractivity contribution in [2.45, 2.75) is 40.0 Å². The maximum atomic E-state index is 13.2. The van der Waals surface area contributed by atoms with E-state index in [0.29, 0.717) is 18.6 Å². The highest BCUT2D eigenvalue weighted by Crippen LogP contribution is 2.64. The molecule has 0 aliphatic heterocycles. The predicted octanol–water partition coefficient (Wildman–Crippen LogP) is 2.13. The molecule has 9 heteroatoms. The molecule has 2 unspecified atom stereocenters. The fourth-order valence-corrected chi connectivity index (χ4v) is 6.83. The number of anilines is 1. The van der Waals surface area contributed by atoms with Gasteiger partial charge in [-0.25, -0.2) is 8.42 Å². The Kier molecular flexibility index (Phi) is 5.26. The molecule has 2 aliphatic carbocycles. The van der Waals surface area contributed by atoms with Crippen LogP contribution in [0.2, 0.25) is 0 Å². The second-order valence-corrected chi connectivity index (χ2v) is 10.3. The topological polar surface area (TPSA) is 110 Å². The van der Waals surface area contributed by atoms with E-state index in [9.17, 15) is 18.0 Å². The Balaban J connectivity index is 1.78. The van der Waals surface area contributed by atoms with Crippen LogP contribution < -0.4 is 5.32 Å². The second-order valence-electron chi connectivity index (χ2n) is 8.38. The quantitative estimate of drug-likeness (QED) is 0.659. The van der Waals surface area contributed by atoms with E-state index in [1.54, 1.807) is 13.0 Å². The van der Waals surface area contributed by atoms with Crippen LogP contribution in [0.4, 0.5) is 5.82 Å². The van der Waals surface area contributed by atoms with E-state index in [1.165, 1.54) is 6.08 Å². The number of Topliss-reactive ketones (excluding diaryl/α,β-unsaturated/α-hetero) is 1. The van der Waals surface area contributed by atoms with Crippen LogP contribution in [-0.4, -0.2) is 48.4 Å². The molecule has 154 valence electrons. The van der Waals surface area contributed by atoms with Gasteiger partial charge in [-0.3, -0.25) is 9.59 Å². The van der Waals surface area contributed by atoms with Crippen molar-refractivity contribution in [1.82, 2.24) is 9.46 Å². The zero-order valence-corrected chi connectivity index (χ0v) is 17.3. The summed E-state index contributed by atoms with van der Waals surface area (Å²) in [5.41, 5.74) is -1.24. The zero-order chi connectivity index (χ0) is 20.7. The van der Waals surface area contributed by atoms with Crippen LogP contribution in [0.25, 0.3) is 0 Å². The number of hydrogen-bond acceptors (Lipinski definition) is 6. The van der Waals surface area contributed by atoms with Crippen molar-refractivity contribution in [2.75, 3.05) is 24.2 Å². The molecular formula is C19H27N3O5S. The standard InChI is InChI=1S/C19H27N3O5S/c1-5-8-22(11-17(24)20-16-9-13(2)27-21-16)28(25,26)12-19-7-6-14(10-15(19)23)18(19,3)4/h5,9,14H,1,6-8,10-12H2,2-4H3,(H,20,21,24). The number of aromatic nitrogens is 1. The van der Waals surface area contributed by atoms with Crippen LogP contribution in [0.15, 0.2) is 23.2 Å². The molecule has 0 aromatic carbocycles. The molecule has 0 radical (unpaired) electrons. The number of fused-ring (bicyclic) bond motifs is 2. The minimum atomic E-state index is -3.86. The normalized spacial score (nSPS) is 26.0. The Morgan fingerprint density at radius 2 is 2.21 bits per heavy atom. The molecule has 2 saturated carbocycles. The SMILES string of the molecule is C=CCN(CC(=O)Nc1cc(C)on1)S(=O)(=O)CC12CCC(CC1=O)C2(C)C. The number of carbonyl (C=O) groups is 2. The molecule has 1 aromatic rings. The lowest BCUT2D eigenvalue weighted by atomic mass is 9.70. The summed E-state index contributed by atoms with van der Waals surface area (Å²) in [7, 11) is -3.86. The van der Waals surface area contributed by atoms with Crippen LogP contribution in [0.3, 0.4) is 0 Å². The third kappa shape index (κ3) is 3.41. The summed E-state index contributed by atoms with van der Waals surface area (Å²) in [5.74, 6) is 0.204. The molecule has 0 saturated heterocycles. The van der Waals surface area contributed by atoms with E-state index in [2.05, 4.69) is 17.1 Å².